The first-order chi connectivity index (χ1) is 15.2. The molecule has 0 bridgehead atoms. The number of fused-ring (bicyclic) bond motifs is 1. The number of carbonyl (C=O) groups is 1. The molecule has 0 atom stereocenters. The van der Waals surface area contributed by atoms with E-state index in [1.165, 1.54) is 6.20 Å². The molecule has 5 rings (SSSR count). The van der Waals surface area contributed by atoms with Crippen molar-refractivity contribution in [3.63, 3.8) is 0 Å². The van der Waals surface area contributed by atoms with E-state index in [4.69, 9.17) is 16.6 Å². The van der Waals surface area contributed by atoms with Crippen molar-refractivity contribution in [2.24, 2.45) is 0 Å². The van der Waals surface area contributed by atoms with Gasteiger partial charge < -0.3 is 5.32 Å². The van der Waals surface area contributed by atoms with Crippen LogP contribution in [-0.2, 0) is 0 Å². The van der Waals surface area contributed by atoms with Crippen LogP contribution in [0.3, 0.4) is 0 Å². The highest BCUT2D eigenvalue weighted by atomic mass is 35.5. The summed E-state index contributed by atoms with van der Waals surface area (Å²) in [5, 5.41) is 7.94. The van der Waals surface area contributed by atoms with E-state index in [1.807, 2.05) is 42.5 Å². The van der Waals surface area contributed by atoms with Gasteiger partial charge in [0.1, 0.15) is 11.5 Å². The molecule has 7 nitrogen and oxygen atoms in total. The smallest absolute Gasteiger partial charge is 0.258 e. The van der Waals surface area contributed by atoms with Crippen LogP contribution in [0.25, 0.3) is 28.2 Å². The number of nitrogens with one attached hydrogen (secondary N) is 1. The van der Waals surface area contributed by atoms with Gasteiger partial charge in [-0.15, -0.1) is 0 Å². The fourth-order valence-electron chi connectivity index (χ4n) is 3.29. The molecule has 0 aliphatic heterocycles. The van der Waals surface area contributed by atoms with Crippen LogP contribution < -0.4 is 5.32 Å². The van der Waals surface area contributed by atoms with Gasteiger partial charge in [0.05, 0.1) is 11.3 Å². The number of hydrogen-bond donors (Lipinski definition) is 1. The molecule has 5 aromatic rings. The summed E-state index contributed by atoms with van der Waals surface area (Å²) < 4.78 is 1.77. The molecule has 0 fully saturated rings. The fourth-order valence-corrected chi connectivity index (χ4v) is 3.41. The van der Waals surface area contributed by atoms with Crippen molar-refractivity contribution in [1.82, 2.24) is 24.6 Å². The molecule has 31 heavy (non-hydrogen) atoms. The quantitative estimate of drug-likeness (QED) is 0.448. The highest BCUT2D eigenvalue weighted by molar-refractivity contribution is 6.30. The molecule has 0 saturated heterocycles. The van der Waals surface area contributed by atoms with Crippen LogP contribution in [-0.4, -0.2) is 30.5 Å². The lowest BCUT2D eigenvalue weighted by molar-refractivity contribution is 0.102. The number of nitrogens with zero attached hydrogens (tertiary/aromatic N) is 5. The molecule has 0 unspecified atom stereocenters. The molecule has 0 aliphatic rings. The van der Waals surface area contributed by atoms with E-state index in [-0.39, 0.29) is 5.91 Å². The normalized spacial score (nSPS) is 10.9. The van der Waals surface area contributed by atoms with Gasteiger partial charge in [0.15, 0.2) is 5.65 Å². The fraction of sp³-hybridized carbons (Fsp3) is 0. The number of carbonyl (C=O) groups excluding carboxylic acids is 1. The standard InChI is InChI=1S/C23H15ClN6O/c24-18-7-5-15(6-8-18)21-22(30-20(29-21)4-2-11-27-30)16-9-12-26-19(13-16)28-23(31)17-3-1-10-25-14-17/h1-14H,(H,26,28,31). The second-order valence-electron chi connectivity index (χ2n) is 6.74. The summed E-state index contributed by atoms with van der Waals surface area (Å²) in [6, 6.07) is 18.3. The van der Waals surface area contributed by atoms with Gasteiger partial charge >= 0.3 is 0 Å². The average Bonchev–Trinajstić information content (AvgIpc) is 3.20. The van der Waals surface area contributed by atoms with Crippen LogP contribution in [0, 0.1) is 0 Å². The van der Waals surface area contributed by atoms with Gasteiger partial charge in [-0.3, -0.25) is 9.78 Å². The maximum atomic E-state index is 12.5. The summed E-state index contributed by atoms with van der Waals surface area (Å²) in [6.07, 6.45) is 6.47. The second kappa shape index (κ2) is 7.97. The minimum absolute atomic E-state index is 0.285. The molecule has 4 heterocycles. The van der Waals surface area contributed by atoms with Crippen molar-refractivity contribution >= 4 is 29.0 Å². The van der Waals surface area contributed by atoms with E-state index in [0.717, 1.165) is 22.5 Å². The highest BCUT2D eigenvalue weighted by Gasteiger charge is 2.18. The third-order valence-electron chi connectivity index (χ3n) is 4.71. The third kappa shape index (κ3) is 3.74. The molecule has 0 radical (unpaired) electrons. The topological polar surface area (TPSA) is 85.1 Å². The van der Waals surface area contributed by atoms with Gasteiger partial charge in [0.25, 0.3) is 5.91 Å². The predicted octanol–water partition coefficient (Wildman–Crippen LogP) is 4.76. The first kappa shape index (κ1) is 18.9. The largest absolute Gasteiger partial charge is 0.306 e. The van der Waals surface area contributed by atoms with E-state index in [0.29, 0.717) is 22.1 Å². The van der Waals surface area contributed by atoms with Gasteiger partial charge in [-0.05, 0) is 48.5 Å². The van der Waals surface area contributed by atoms with Crippen LogP contribution in [0.15, 0.2) is 85.5 Å². The maximum absolute atomic E-state index is 12.5. The Morgan fingerprint density at radius 2 is 1.77 bits per heavy atom. The number of aromatic nitrogens is 5. The summed E-state index contributed by atoms with van der Waals surface area (Å²) in [7, 11) is 0. The minimum atomic E-state index is -0.285. The molecule has 1 aromatic carbocycles. The molecule has 0 aliphatic carbocycles. The van der Waals surface area contributed by atoms with Crippen molar-refractivity contribution in [1.29, 1.82) is 0 Å². The number of halogens is 1. The van der Waals surface area contributed by atoms with Crippen LogP contribution in [0.4, 0.5) is 5.82 Å². The van der Waals surface area contributed by atoms with E-state index in [2.05, 4.69) is 20.4 Å². The summed E-state index contributed by atoms with van der Waals surface area (Å²) in [4.78, 5) is 25.5. The average molecular weight is 427 g/mol. The monoisotopic (exact) mass is 426 g/mol. The molecule has 1 N–H and O–H groups in total. The van der Waals surface area contributed by atoms with Crippen molar-refractivity contribution in [2.75, 3.05) is 5.32 Å². The van der Waals surface area contributed by atoms with E-state index < -0.39 is 0 Å². The lowest BCUT2D eigenvalue weighted by atomic mass is 10.1. The zero-order valence-corrected chi connectivity index (χ0v) is 16.9. The molecular weight excluding hydrogens is 412 g/mol. The Balaban J connectivity index is 1.59. The number of amides is 1. The van der Waals surface area contributed by atoms with Crippen molar-refractivity contribution < 1.29 is 4.79 Å². The van der Waals surface area contributed by atoms with Crippen LogP contribution in [0.5, 0.6) is 0 Å². The van der Waals surface area contributed by atoms with E-state index in [9.17, 15) is 4.79 Å². The van der Waals surface area contributed by atoms with Gasteiger partial charge in [0, 0.05) is 40.9 Å². The number of anilines is 1. The Hall–Kier alpha value is -4.10. The molecule has 1 amide bonds. The molecule has 8 heteroatoms. The lowest BCUT2D eigenvalue weighted by Gasteiger charge is -2.08. The van der Waals surface area contributed by atoms with Crippen molar-refractivity contribution in [2.45, 2.75) is 0 Å². The summed E-state index contributed by atoms with van der Waals surface area (Å²) in [5.74, 6) is 0.131. The van der Waals surface area contributed by atoms with Crippen molar-refractivity contribution in [3.05, 3.63) is 96.0 Å². The van der Waals surface area contributed by atoms with Crippen molar-refractivity contribution in [3.8, 4) is 22.5 Å². The van der Waals surface area contributed by atoms with Crippen LogP contribution >= 0.6 is 11.6 Å². The zero-order chi connectivity index (χ0) is 21.2. The summed E-state index contributed by atoms with van der Waals surface area (Å²) in [5.41, 5.74) is 4.42. The number of hydrogen-bond acceptors (Lipinski definition) is 5. The molecule has 4 aromatic heterocycles. The van der Waals surface area contributed by atoms with Crippen LogP contribution in [0.1, 0.15) is 10.4 Å². The molecule has 0 saturated carbocycles. The van der Waals surface area contributed by atoms with Gasteiger partial charge in [0.2, 0.25) is 0 Å². The Labute approximate surface area is 182 Å². The number of pyridine rings is 2. The zero-order valence-electron chi connectivity index (χ0n) is 16.1. The number of imidazole rings is 1. The number of benzene rings is 1. The van der Waals surface area contributed by atoms with Crippen LogP contribution in [0.2, 0.25) is 5.02 Å². The first-order valence-corrected chi connectivity index (χ1v) is 9.84. The van der Waals surface area contributed by atoms with Gasteiger partial charge in [-0.2, -0.15) is 5.10 Å². The third-order valence-corrected chi connectivity index (χ3v) is 4.96. The minimum Gasteiger partial charge on any atom is -0.306 e. The lowest BCUT2D eigenvalue weighted by Crippen LogP contribution is -2.13. The Bertz CT molecular complexity index is 1380. The summed E-state index contributed by atoms with van der Waals surface area (Å²) >= 11 is 6.06. The highest BCUT2D eigenvalue weighted by Crippen LogP contribution is 2.33. The summed E-state index contributed by atoms with van der Waals surface area (Å²) in [6.45, 7) is 0. The van der Waals surface area contributed by atoms with E-state index in [1.54, 1.807) is 41.3 Å². The first-order valence-electron chi connectivity index (χ1n) is 9.46. The van der Waals surface area contributed by atoms with Gasteiger partial charge in [-0.25, -0.2) is 14.5 Å². The SMILES string of the molecule is O=C(Nc1cc(-c2c(-c3ccc(Cl)cc3)nc3cccnn23)ccn1)c1cccnc1. The number of rotatable bonds is 4. The Morgan fingerprint density at radius 3 is 2.58 bits per heavy atom. The molecule has 150 valence electrons. The molecular formula is C23H15ClN6O. The van der Waals surface area contributed by atoms with E-state index >= 15 is 0 Å². The molecule has 0 spiro atoms. The van der Waals surface area contributed by atoms with Gasteiger partial charge in [-0.1, -0.05) is 23.7 Å². The predicted molar refractivity (Wildman–Crippen MR) is 119 cm³/mol. The maximum Gasteiger partial charge on any atom is 0.258 e. The Morgan fingerprint density at radius 1 is 0.935 bits per heavy atom. The Kier molecular flexibility index (Phi) is 4.86. The second-order valence-corrected chi connectivity index (χ2v) is 7.17.